The molecular formula is C13H17Cl2NO3. The number of nitrogen functional groups attached to an aromatic ring is 1. The minimum absolute atomic E-state index is 0.228. The van der Waals surface area contributed by atoms with Crippen molar-refractivity contribution in [2.45, 2.75) is 25.9 Å². The number of rotatable bonds is 5. The maximum atomic E-state index is 11.8. The van der Waals surface area contributed by atoms with Crippen molar-refractivity contribution in [3.8, 4) is 0 Å². The van der Waals surface area contributed by atoms with E-state index in [1.54, 1.807) is 7.11 Å². The van der Waals surface area contributed by atoms with Crippen molar-refractivity contribution in [2.75, 3.05) is 19.5 Å². The maximum Gasteiger partial charge on any atom is 0.338 e. The minimum atomic E-state index is -0.489. The largest absolute Gasteiger partial charge is 0.462 e. The molecule has 0 saturated heterocycles. The number of methoxy groups -OCH3 is 1. The van der Waals surface area contributed by atoms with Gasteiger partial charge in [-0.1, -0.05) is 23.2 Å². The molecule has 106 valence electrons. The van der Waals surface area contributed by atoms with E-state index in [4.69, 9.17) is 38.4 Å². The molecular weight excluding hydrogens is 289 g/mol. The Balaban J connectivity index is 2.65. The number of nitrogens with two attached hydrogens (primary N) is 1. The Morgan fingerprint density at radius 3 is 2.53 bits per heavy atom. The van der Waals surface area contributed by atoms with Gasteiger partial charge < -0.3 is 15.2 Å². The summed E-state index contributed by atoms with van der Waals surface area (Å²) in [5, 5.41) is 0.463. The fourth-order valence-corrected chi connectivity index (χ4v) is 1.64. The Hall–Kier alpha value is -0.970. The average molecular weight is 306 g/mol. The van der Waals surface area contributed by atoms with E-state index in [1.165, 1.54) is 12.1 Å². The number of benzene rings is 1. The monoisotopic (exact) mass is 305 g/mol. The van der Waals surface area contributed by atoms with Crippen LogP contribution in [0.4, 0.5) is 5.69 Å². The molecule has 0 fully saturated rings. The minimum Gasteiger partial charge on any atom is -0.462 e. The zero-order valence-corrected chi connectivity index (χ0v) is 12.6. The average Bonchev–Trinajstić information content (AvgIpc) is 2.35. The lowest BCUT2D eigenvalue weighted by molar-refractivity contribution is -0.00563. The molecule has 19 heavy (non-hydrogen) atoms. The highest BCUT2D eigenvalue weighted by Gasteiger charge is 2.18. The summed E-state index contributed by atoms with van der Waals surface area (Å²) < 4.78 is 10.4. The van der Waals surface area contributed by atoms with E-state index in [0.717, 1.165) is 0 Å². The zero-order valence-electron chi connectivity index (χ0n) is 11.1. The topological polar surface area (TPSA) is 61.5 Å². The summed E-state index contributed by atoms with van der Waals surface area (Å²) in [6, 6.07) is 2.88. The van der Waals surface area contributed by atoms with Gasteiger partial charge in [-0.15, -0.1) is 0 Å². The molecule has 0 aliphatic carbocycles. The molecule has 0 aromatic heterocycles. The van der Waals surface area contributed by atoms with Crippen LogP contribution in [0, 0.1) is 0 Å². The van der Waals surface area contributed by atoms with Gasteiger partial charge in [-0.3, -0.25) is 0 Å². The van der Waals surface area contributed by atoms with Crippen LogP contribution in [-0.4, -0.2) is 25.3 Å². The van der Waals surface area contributed by atoms with Crippen LogP contribution in [0.3, 0.4) is 0 Å². The van der Waals surface area contributed by atoms with Crippen molar-refractivity contribution in [1.82, 2.24) is 0 Å². The standard InChI is InChI=1S/C13H17Cl2NO3/c1-13(2,18-3)4-5-19-12(17)8-6-9(14)11(15)10(16)7-8/h6-7H,4-5,16H2,1-3H3. The Labute approximate surface area is 122 Å². The number of halogens is 2. The van der Waals surface area contributed by atoms with Crippen LogP contribution in [-0.2, 0) is 9.47 Å². The van der Waals surface area contributed by atoms with Crippen molar-refractivity contribution in [3.05, 3.63) is 27.7 Å². The third kappa shape index (κ3) is 4.56. The fraction of sp³-hybridized carbons (Fsp3) is 0.462. The number of hydrogen-bond donors (Lipinski definition) is 1. The quantitative estimate of drug-likeness (QED) is 0.667. The van der Waals surface area contributed by atoms with Crippen molar-refractivity contribution < 1.29 is 14.3 Å². The highest BCUT2D eigenvalue weighted by molar-refractivity contribution is 6.43. The number of anilines is 1. The SMILES string of the molecule is COC(C)(C)CCOC(=O)c1cc(N)c(Cl)c(Cl)c1. The van der Waals surface area contributed by atoms with E-state index in [0.29, 0.717) is 6.42 Å². The number of esters is 1. The molecule has 0 amide bonds. The number of ether oxygens (including phenoxy) is 2. The predicted octanol–water partition coefficient (Wildman–Crippen LogP) is 3.55. The van der Waals surface area contributed by atoms with Gasteiger partial charge >= 0.3 is 5.97 Å². The fourth-order valence-electron chi connectivity index (χ4n) is 1.30. The first kappa shape index (κ1) is 16.1. The normalized spacial score (nSPS) is 11.4. The first-order valence-electron chi connectivity index (χ1n) is 5.73. The predicted molar refractivity (Wildman–Crippen MR) is 76.9 cm³/mol. The summed E-state index contributed by atoms with van der Waals surface area (Å²) in [6.07, 6.45) is 0.589. The van der Waals surface area contributed by atoms with Crippen LogP contribution in [0.2, 0.25) is 10.0 Å². The number of carbonyl (C=O) groups is 1. The lowest BCUT2D eigenvalue weighted by atomic mass is 10.1. The summed E-state index contributed by atoms with van der Waals surface area (Å²) in [5.74, 6) is -0.489. The summed E-state index contributed by atoms with van der Waals surface area (Å²) >= 11 is 11.7. The summed E-state index contributed by atoms with van der Waals surface area (Å²) in [4.78, 5) is 11.8. The van der Waals surface area contributed by atoms with Gasteiger partial charge in [-0.25, -0.2) is 4.79 Å². The van der Waals surface area contributed by atoms with Crippen LogP contribution >= 0.6 is 23.2 Å². The Morgan fingerprint density at radius 1 is 1.37 bits per heavy atom. The molecule has 0 heterocycles. The summed E-state index contributed by atoms with van der Waals surface area (Å²) in [5.41, 5.74) is 5.83. The first-order chi connectivity index (χ1) is 8.76. The zero-order chi connectivity index (χ0) is 14.6. The lowest BCUT2D eigenvalue weighted by Crippen LogP contribution is -2.25. The van der Waals surface area contributed by atoms with Crippen molar-refractivity contribution >= 4 is 34.9 Å². The van der Waals surface area contributed by atoms with Crippen molar-refractivity contribution in [1.29, 1.82) is 0 Å². The third-order valence-electron chi connectivity index (χ3n) is 2.78. The molecule has 0 unspecified atom stereocenters. The lowest BCUT2D eigenvalue weighted by Gasteiger charge is -2.22. The molecule has 0 radical (unpaired) electrons. The molecule has 0 spiro atoms. The summed E-state index contributed by atoms with van der Waals surface area (Å²) in [6.45, 7) is 4.08. The molecule has 2 N–H and O–H groups in total. The highest BCUT2D eigenvalue weighted by atomic mass is 35.5. The van der Waals surface area contributed by atoms with Crippen molar-refractivity contribution in [3.63, 3.8) is 0 Å². The smallest absolute Gasteiger partial charge is 0.338 e. The van der Waals surface area contributed by atoms with Crippen LogP contribution in [0.1, 0.15) is 30.6 Å². The molecule has 0 atom stereocenters. The van der Waals surface area contributed by atoms with E-state index in [9.17, 15) is 4.79 Å². The van der Waals surface area contributed by atoms with Gasteiger partial charge in [0.05, 0.1) is 33.5 Å². The van der Waals surface area contributed by atoms with Gasteiger partial charge in [0.25, 0.3) is 0 Å². The van der Waals surface area contributed by atoms with Crippen LogP contribution < -0.4 is 5.73 Å². The third-order valence-corrected chi connectivity index (χ3v) is 3.60. The second-order valence-corrected chi connectivity index (χ2v) is 5.50. The first-order valence-corrected chi connectivity index (χ1v) is 6.49. The van der Waals surface area contributed by atoms with Gasteiger partial charge in [-0.05, 0) is 26.0 Å². The molecule has 0 aliphatic heterocycles. The molecule has 6 heteroatoms. The van der Waals surface area contributed by atoms with Crippen LogP contribution in [0.25, 0.3) is 0 Å². The van der Waals surface area contributed by atoms with Crippen LogP contribution in [0.5, 0.6) is 0 Å². The van der Waals surface area contributed by atoms with E-state index in [-0.39, 0.29) is 33.5 Å². The van der Waals surface area contributed by atoms with Gasteiger partial charge in [0.15, 0.2) is 0 Å². The Morgan fingerprint density at radius 2 is 2.00 bits per heavy atom. The molecule has 0 aliphatic rings. The molecule has 1 aromatic rings. The summed E-state index contributed by atoms with van der Waals surface area (Å²) in [7, 11) is 1.61. The molecule has 4 nitrogen and oxygen atoms in total. The van der Waals surface area contributed by atoms with Crippen LogP contribution in [0.15, 0.2) is 12.1 Å². The second kappa shape index (κ2) is 6.46. The molecule has 0 bridgehead atoms. The Bertz CT molecular complexity index is 452. The van der Waals surface area contributed by atoms with E-state index >= 15 is 0 Å². The van der Waals surface area contributed by atoms with E-state index in [1.807, 2.05) is 13.8 Å². The number of hydrogen-bond acceptors (Lipinski definition) is 4. The Kier molecular flexibility index (Phi) is 5.47. The second-order valence-electron chi connectivity index (χ2n) is 4.71. The number of carbonyl (C=O) groups excluding carboxylic acids is 1. The molecule has 1 rings (SSSR count). The van der Waals surface area contributed by atoms with Crippen molar-refractivity contribution in [2.24, 2.45) is 0 Å². The van der Waals surface area contributed by atoms with Gasteiger partial charge in [-0.2, -0.15) is 0 Å². The van der Waals surface area contributed by atoms with Gasteiger partial charge in [0, 0.05) is 13.5 Å². The van der Waals surface area contributed by atoms with E-state index < -0.39 is 5.97 Å². The van der Waals surface area contributed by atoms with Gasteiger partial charge in [0.1, 0.15) is 0 Å². The van der Waals surface area contributed by atoms with Gasteiger partial charge in [0.2, 0.25) is 0 Å². The molecule has 0 saturated carbocycles. The molecule has 1 aromatic carbocycles. The van der Waals surface area contributed by atoms with E-state index in [2.05, 4.69) is 0 Å². The maximum absolute atomic E-state index is 11.8. The highest BCUT2D eigenvalue weighted by Crippen LogP contribution is 2.29.